The van der Waals surface area contributed by atoms with Crippen molar-refractivity contribution in [3.63, 3.8) is 0 Å². The summed E-state index contributed by atoms with van der Waals surface area (Å²) in [6.07, 6.45) is 8.98. The Bertz CT molecular complexity index is 444. The molecule has 2 aromatic heterocycles. The zero-order chi connectivity index (χ0) is 12.3. The van der Waals surface area contributed by atoms with E-state index >= 15 is 0 Å². The number of aliphatic hydroxyl groups is 1. The molecule has 0 saturated carbocycles. The minimum Gasteiger partial charge on any atom is -0.390 e. The second-order valence-electron chi connectivity index (χ2n) is 4.96. The van der Waals surface area contributed by atoms with Crippen LogP contribution in [0.4, 0.5) is 0 Å². The third-order valence-corrected chi connectivity index (χ3v) is 3.79. The predicted molar refractivity (Wildman–Crippen MR) is 71.5 cm³/mol. The lowest BCUT2D eigenvalue weighted by atomic mass is 9.93. The van der Waals surface area contributed by atoms with E-state index in [0.717, 1.165) is 23.5 Å². The molecule has 2 heterocycles. The predicted octanol–water partition coefficient (Wildman–Crippen LogP) is 3.27. The summed E-state index contributed by atoms with van der Waals surface area (Å²) in [6, 6.07) is 0. The first-order chi connectivity index (χ1) is 8.11. The first kappa shape index (κ1) is 12.6. The summed E-state index contributed by atoms with van der Waals surface area (Å²) in [4.78, 5) is 5.51. The Balaban J connectivity index is 1.97. The summed E-state index contributed by atoms with van der Waals surface area (Å²) in [5, 5.41) is 12.3. The quantitative estimate of drug-likeness (QED) is 0.801. The maximum atomic E-state index is 10.3. The molecule has 0 fully saturated rings. The van der Waals surface area contributed by atoms with Crippen molar-refractivity contribution < 1.29 is 5.11 Å². The van der Waals surface area contributed by atoms with Crippen molar-refractivity contribution in [2.75, 3.05) is 0 Å². The number of rotatable bonds is 6. The van der Waals surface area contributed by atoms with Crippen LogP contribution in [0.5, 0.6) is 0 Å². The third kappa shape index (κ3) is 3.30. The number of unbranched alkanes of at least 4 members (excludes halogenated alkanes) is 2. The van der Waals surface area contributed by atoms with Crippen LogP contribution in [0.15, 0.2) is 17.8 Å². The van der Waals surface area contributed by atoms with Crippen LogP contribution in [0.3, 0.4) is 0 Å². The van der Waals surface area contributed by atoms with Gasteiger partial charge in [-0.25, -0.2) is 4.98 Å². The Morgan fingerprint density at radius 3 is 3.00 bits per heavy atom. The van der Waals surface area contributed by atoms with Crippen LogP contribution in [0.1, 0.15) is 45.2 Å². The molecule has 0 saturated heterocycles. The number of hydrogen-bond donors (Lipinski definition) is 1. The molecule has 0 aliphatic heterocycles. The lowest BCUT2D eigenvalue weighted by molar-refractivity contribution is 0.0478. The second kappa shape index (κ2) is 5.19. The molecule has 0 bridgehead atoms. The van der Waals surface area contributed by atoms with E-state index in [0.29, 0.717) is 6.42 Å². The summed E-state index contributed by atoms with van der Waals surface area (Å²) >= 11 is 1.63. The molecule has 94 valence electrons. The van der Waals surface area contributed by atoms with Gasteiger partial charge in [-0.2, -0.15) is 0 Å². The van der Waals surface area contributed by atoms with E-state index < -0.39 is 5.60 Å². The van der Waals surface area contributed by atoms with E-state index in [1.807, 2.05) is 29.1 Å². The summed E-state index contributed by atoms with van der Waals surface area (Å²) in [6.45, 7) is 4.09. The van der Waals surface area contributed by atoms with Crippen LogP contribution in [0.25, 0.3) is 4.96 Å². The van der Waals surface area contributed by atoms with Gasteiger partial charge in [0.25, 0.3) is 0 Å². The lowest BCUT2D eigenvalue weighted by Gasteiger charge is -2.21. The van der Waals surface area contributed by atoms with E-state index in [1.165, 1.54) is 12.8 Å². The number of hydrogen-bond acceptors (Lipinski definition) is 3. The van der Waals surface area contributed by atoms with Crippen molar-refractivity contribution in [1.82, 2.24) is 9.38 Å². The van der Waals surface area contributed by atoms with Crippen LogP contribution in [0.2, 0.25) is 0 Å². The van der Waals surface area contributed by atoms with Crippen LogP contribution in [-0.2, 0) is 6.42 Å². The van der Waals surface area contributed by atoms with Crippen molar-refractivity contribution >= 4 is 16.3 Å². The minimum absolute atomic E-state index is 0.626. The van der Waals surface area contributed by atoms with Crippen LogP contribution in [-0.4, -0.2) is 20.1 Å². The Hall–Kier alpha value is -0.870. The molecule has 0 aliphatic carbocycles. The number of fused-ring (bicyclic) bond motifs is 1. The first-order valence-corrected chi connectivity index (χ1v) is 7.12. The van der Waals surface area contributed by atoms with Crippen molar-refractivity contribution in [2.24, 2.45) is 0 Å². The smallest absolute Gasteiger partial charge is 0.193 e. The fourth-order valence-electron chi connectivity index (χ4n) is 2.10. The number of nitrogens with zero attached hydrogens (tertiary/aromatic N) is 2. The van der Waals surface area contributed by atoms with E-state index in [-0.39, 0.29) is 0 Å². The average Bonchev–Trinajstić information content (AvgIpc) is 2.77. The van der Waals surface area contributed by atoms with Crippen LogP contribution >= 0.6 is 11.3 Å². The maximum absolute atomic E-state index is 10.3. The van der Waals surface area contributed by atoms with Gasteiger partial charge in [0.1, 0.15) is 0 Å². The van der Waals surface area contributed by atoms with Gasteiger partial charge in [-0.3, -0.25) is 4.40 Å². The summed E-state index contributed by atoms with van der Waals surface area (Å²) in [5.41, 5.74) is 0.359. The van der Waals surface area contributed by atoms with E-state index in [9.17, 15) is 5.11 Å². The molecule has 3 nitrogen and oxygen atoms in total. The van der Waals surface area contributed by atoms with Crippen LogP contribution < -0.4 is 0 Å². The number of imidazole rings is 1. The molecule has 4 heteroatoms. The molecule has 0 aliphatic rings. The molecule has 2 rings (SSSR count). The highest BCUT2D eigenvalue weighted by atomic mass is 32.1. The summed E-state index contributed by atoms with van der Waals surface area (Å²) < 4.78 is 2.02. The van der Waals surface area contributed by atoms with Gasteiger partial charge in [0.2, 0.25) is 0 Å². The first-order valence-electron chi connectivity index (χ1n) is 6.24. The maximum Gasteiger partial charge on any atom is 0.193 e. The zero-order valence-electron chi connectivity index (χ0n) is 10.5. The third-order valence-electron chi connectivity index (χ3n) is 3.02. The van der Waals surface area contributed by atoms with Gasteiger partial charge in [-0.05, 0) is 13.3 Å². The Kier molecular flexibility index (Phi) is 3.84. The topological polar surface area (TPSA) is 37.5 Å². The minimum atomic E-state index is -0.626. The Labute approximate surface area is 106 Å². The van der Waals surface area contributed by atoms with E-state index in [1.54, 1.807) is 11.3 Å². The van der Waals surface area contributed by atoms with Gasteiger partial charge in [-0.15, -0.1) is 11.3 Å². The monoisotopic (exact) mass is 252 g/mol. The molecule has 0 spiro atoms. The van der Waals surface area contributed by atoms with E-state index in [4.69, 9.17) is 0 Å². The van der Waals surface area contributed by atoms with Gasteiger partial charge in [0.05, 0.1) is 11.3 Å². The van der Waals surface area contributed by atoms with Crippen LogP contribution in [0, 0.1) is 0 Å². The molecule has 1 N–H and O–H groups in total. The van der Waals surface area contributed by atoms with Gasteiger partial charge >= 0.3 is 0 Å². The Morgan fingerprint density at radius 1 is 1.47 bits per heavy atom. The van der Waals surface area contributed by atoms with Crippen molar-refractivity contribution in [2.45, 2.75) is 51.6 Å². The summed E-state index contributed by atoms with van der Waals surface area (Å²) in [5.74, 6) is 0. The normalized spacial score (nSPS) is 15.2. The highest BCUT2D eigenvalue weighted by Gasteiger charge is 2.21. The number of thiazole rings is 1. The molecule has 0 aromatic carbocycles. The largest absolute Gasteiger partial charge is 0.390 e. The van der Waals surface area contributed by atoms with Crippen molar-refractivity contribution in [1.29, 1.82) is 0 Å². The number of aromatic nitrogens is 2. The molecular weight excluding hydrogens is 232 g/mol. The fourth-order valence-corrected chi connectivity index (χ4v) is 2.81. The summed E-state index contributed by atoms with van der Waals surface area (Å²) in [7, 11) is 0. The molecule has 2 aromatic rings. The lowest BCUT2D eigenvalue weighted by Crippen LogP contribution is -2.27. The zero-order valence-corrected chi connectivity index (χ0v) is 11.3. The Morgan fingerprint density at radius 2 is 2.29 bits per heavy atom. The average molecular weight is 252 g/mol. The highest BCUT2D eigenvalue weighted by molar-refractivity contribution is 7.15. The van der Waals surface area contributed by atoms with E-state index in [2.05, 4.69) is 11.9 Å². The van der Waals surface area contributed by atoms with Gasteiger partial charge < -0.3 is 5.11 Å². The molecule has 0 amide bonds. The molecule has 0 radical (unpaired) electrons. The van der Waals surface area contributed by atoms with Gasteiger partial charge in [0.15, 0.2) is 4.96 Å². The van der Waals surface area contributed by atoms with Gasteiger partial charge in [0, 0.05) is 24.2 Å². The second-order valence-corrected chi connectivity index (χ2v) is 5.83. The standard InChI is InChI=1S/C13H20N2OS/c1-3-4-5-6-13(2,16)9-11-10-15-7-8-17-12(15)14-11/h7-8,10,16H,3-6,9H2,1-2H3. The van der Waals surface area contributed by atoms with Crippen molar-refractivity contribution in [3.8, 4) is 0 Å². The fraction of sp³-hybridized carbons (Fsp3) is 0.615. The van der Waals surface area contributed by atoms with Crippen molar-refractivity contribution in [3.05, 3.63) is 23.5 Å². The molecule has 17 heavy (non-hydrogen) atoms. The molecule has 1 atom stereocenters. The van der Waals surface area contributed by atoms with Gasteiger partial charge in [-0.1, -0.05) is 26.2 Å². The molecular formula is C13H20N2OS. The highest BCUT2D eigenvalue weighted by Crippen LogP contribution is 2.21. The molecule has 1 unspecified atom stereocenters. The SMILES string of the molecule is CCCCCC(C)(O)Cc1cn2ccsc2n1.